The van der Waals surface area contributed by atoms with E-state index < -0.39 is 5.60 Å². The maximum absolute atomic E-state index is 11.9. The molecule has 0 radical (unpaired) electrons. The zero-order valence-corrected chi connectivity index (χ0v) is 12.0. The quantitative estimate of drug-likeness (QED) is 0.876. The molecule has 1 aromatic carbocycles. The molecule has 0 aromatic heterocycles. The Labute approximate surface area is 122 Å². The summed E-state index contributed by atoms with van der Waals surface area (Å²) < 4.78 is 0. The Morgan fingerprint density at radius 2 is 2.15 bits per heavy atom. The van der Waals surface area contributed by atoms with Gasteiger partial charge in [0.1, 0.15) is 0 Å². The Morgan fingerprint density at radius 3 is 2.75 bits per heavy atom. The predicted octanol–water partition coefficient (Wildman–Crippen LogP) is 1.05. The molecule has 2 N–H and O–H groups in total. The van der Waals surface area contributed by atoms with Crippen LogP contribution in [0.4, 0.5) is 0 Å². The first-order chi connectivity index (χ1) is 9.39. The minimum atomic E-state index is -0.831. The van der Waals surface area contributed by atoms with Crippen molar-refractivity contribution < 1.29 is 14.7 Å². The molecule has 0 saturated carbocycles. The summed E-state index contributed by atoms with van der Waals surface area (Å²) in [4.78, 5) is 25.4. The second-order valence-electron chi connectivity index (χ2n) is 5.22. The summed E-state index contributed by atoms with van der Waals surface area (Å²) in [5.74, 6) is -0.585. The van der Waals surface area contributed by atoms with E-state index in [1.165, 1.54) is 0 Å². The van der Waals surface area contributed by atoms with Gasteiger partial charge in [0.15, 0.2) is 0 Å². The molecule has 20 heavy (non-hydrogen) atoms. The standard InChI is InChI=1S/C14H17ClN2O3/c1-14(20)6-7-17(9-14)12(18)8-16-13(19)10-4-2-3-5-11(10)15/h2-5,20H,6-9H2,1H3,(H,16,19). The fraction of sp³-hybridized carbons (Fsp3) is 0.429. The van der Waals surface area contributed by atoms with E-state index in [9.17, 15) is 14.7 Å². The van der Waals surface area contributed by atoms with Crippen molar-refractivity contribution in [1.29, 1.82) is 0 Å². The topological polar surface area (TPSA) is 69.6 Å². The summed E-state index contributed by atoms with van der Waals surface area (Å²) in [6.07, 6.45) is 0.553. The molecule has 2 rings (SSSR count). The van der Waals surface area contributed by atoms with Gasteiger partial charge in [-0.3, -0.25) is 9.59 Å². The number of likely N-dealkylation sites (tertiary alicyclic amines) is 1. The van der Waals surface area contributed by atoms with Crippen molar-refractivity contribution in [3.63, 3.8) is 0 Å². The second-order valence-corrected chi connectivity index (χ2v) is 5.63. The molecule has 5 nitrogen and oxygen atoms in total. The highest BCUT2D eigenvalue weighted by Crippen LogP contribution is 2.20. The van der Waals surface area contributed by atoms with Gasteiger partial charge >= 0.3 is 0 Å². The number of carbonyl (C=O) groups excluding carboxylic acids is 2. The largest absolute Gasteiger partial charge is 0.388 e. The number of hydrogen-bond donors (Lipinski definition) is 2. The third-order valence-corrected chi connectivity index (χ3v) is 3.65. The average molecular weight is 297 g/mol. The van der Waals surface area contributed by atoms with Gasteiger partial charge in [-0.1, -0.05) is 23.7 Å². The van der Waals surface area contributed by atoms with Crippen LogP contribution in [0.1, 0.15) is 23.7 Å². The number of halogens is 1. The minimum absolute atomic E-state index is 0.0971. The molecule has 1 fully saturated rings. The molecular formula is C14H17ClN2O3. The number of rotatable bonds is 3. The first-order valence-corrected chi connectivity index (χ1v) is 6.80. The molecule has 1 unspecified atom stereocenters. The second kappa shape index (κ2) is 5.81. The summed E-state index contributed by atoms with van der Waals surface area (Å²) in [5.41, 5.74) is -0.488. The average Bonchev–Trinajstić information content (AvgIpc) is 2.76. The number of β-amino-alcohol motifs (C(OH)–C–C–N with tert-alkyl or cyclic N) is 1. The van der Waals surface area contributed by atoms with Gasteiger partial charge in [-0.15, -0.1) is 0 Å². The summed E-state index contributed by atoms with van der Waals surface area (Å²) in [7, 11) is 0. The molecule has 6 heteroatoms. The van der Waals surface area contributed by atoms with Gasteiger partial charge in [0.05, 0.1) is 22.7 Å². The first-order valence-electron chi connectivity index (χ1n) is 6.42. The third-order valence-electron chi connectivity index (χ3n) is 3.32. The van der Waals surface area contributed by atoms with Crippen molar-refractivity contribution in [3.05, 3.63) is 34.9 Å². The van der Waals surface area contributed by atoms with Crippen LogP contribution in [0.15, 0.2) is 24.3 Å². The number of nitrogens with zero attached hydrogens (tertiary/aromatic N) is 1. The van der Waals surface area contributed by atoms with Crippen molar-refractivity contribution >= 4 is 23.4 Å². The highest BCUT2D eigenvalue weighted by Gasteiger charge is 2.33. The van der Waals surface area contributed by atoms with Gasteiger partial charge in [0.2, 0.25) is 5.91 Å². The van der Waals surface area contributed by atoms with E-state index in [0.29, 0.717) is 30.1 Å². The Morgan fingerprint density at radius 1 is 1.45 bits per heavy atom. The van der Waals surface area contributed by atoms with Crippen LogP contribution in [-0.2, 0) is 4.79 Å². The Balaban J connectivity index is 1.88. The van der Waals surface area contributed by atoms with Crippen LogP contribution in [0.3, 0.4) is 0 Å². The molecule has 0 bridgehead atoms. The van der Waals surface area contributed by atoms with Crippen molar-refractivity contribution in [1.82, 2.24) is 10.2 Å². The Kier molecular flexibility index (Phi) is 4.30. The van der Waals surface area contributed by atoms with Crippen molar-refractivity contribution in [2.75, 3.05) is 19.6 Å². The van der Waals surface area contributed by atoms with Crippen LogP contribution < -0.4 is 5.32 Å². The van der Waals surface area contributed by atoms with E-state index in [1.54, 1.807) is 36.1 Å². The fourth-order valence-electron chi connectivity index (χ4n) is 2.17. The van der Waals surface area contributed by atoms with Crippen LogP contribution in [-0.4, -0.2) is 47.1 Å². The van der Waals surface area contributed by atoms with Crippen molar-refractivity contribution in [3.8, 4) is 0 Å². The van der Waals surface area contributed by atoms with Gasteiger partial charge in [-0.2, -0.15) is 0 Å². The number of hydrogen-bond acceptors (Lipinski definition) is 3. The zero-order valence-electron chi connectivity index (χ0n) is 11.2. The maximum Gasteiger partial charge on any atom is 0.253 e. The normalized spacial score (nSPS) is 21.9. The molecular weight excluding hydrogens is 280 g/mol. The first kappa shape index (κ1) is 14.8. The van der Waals surface area contributed by atoms with Crippen molar-refractivity contribution in [2.45, 2.75) is 18.9 Å². The van der Waals surface area contributed by atoms with Crippen molar-refractivity contribution in [2.24, 2.45) is 0 Å². The third kappa shape index (κ3) is 3.49. The molecule has 1 heterocycles. The summed E-state index contributed by atoms with van der Waals surface area (Å²) in [6.45, 7) is 2.41. The molecule has 108 valence electrons. The number of aliphatic hydroxyl groups is 1. The van der Waals surface area contributed by atoms with E-state index in [4.69, 9.17) is 11.6 Å². The lowest BCUT2D eigenvalue weighted by Gasteiger charge is -2.19. The van der Waals surface area contributed by atoms with E-state index in [2.05, 4.69) is 5.32 Å². The molecule has 2 amide bonds. The lowest BCUT2D eigenvalue weighted by molar-refractivity contribution is -0.129. The summed E-state index contributed by atoms with van der Waals surface area (Å²) in [6, 6.07) is 6.66. The van der Waals surface area contributed by atoms with Gasteiger partial charge in [0.25, 0.3) is 5.91 Å². The van der Waals surface area contributed by atoms with E-state index in [0.717, 1.165) is 0 Å². The lowest BCUT2D eigenvalue weighted by Crippen LogP contribution is -2.40. The molecule has 1 aliphatic rings. The highest BCUT2D eigenvalue weighted by atomic mass is 35.5. The smallest absolute Gasteiger partial charge is 0.253 e. The summed E-state index contributed by atoms with van der Waals surface area (Å²) in [5, 5.41) is 12.7. The highest BCUT2D eigenvalue weighted by molar-refractivity contribution is 6.33. The zero-order chi connectivity index (χ0) is 14.8. The molecule has 1 aliphatic heterocycles. The number of benzene rings is 1. The van der Waals surface area contributed by atoms with Crippen LogP contribution >= 0.6 is 11.6 Å². The van der Waals surface area contributed by atoms with Gasteiger partial charge in [0, 0.05) is 13.1 Å². The monoisotopic (exact) mass is 296 g/mol. The van der Waals surface area contributed by atoms with Crippen LogP contribution in [0, 0.1) is 0 Å². The molecule has 1 atom stereocenters. The number of amides is 2. The minimum Gasteiger partial charge on any atom is -0.388 e. The van der Waals surface area contributed by atoms with Crippen LogP contribution in [0.25, 0.3) is 0 Å². The maximum atomic E-state index is 11.9. The number of carbonyl (C=O) groups is 2. The predicted molar refractivity (Wildman–Crippen MR) is 75.6 cm³/mol. The van der Waals surface area contributed by atoms with Gasteiger partial charge in [-0.05, 0) is 25.5 Å². The SMILES string of the molecule is CC1(O)CCN(C(=O)CNC(=O)c2ccccc2Cl)C1. The molecule has 1 aromatic rings. The molecule has 1 saturated heterocycles. The van der Waals surface area contributed by atoms with E-state index >= 15 is 0 Å². The number of nitrogens with one attached hydrogen (secondary N) is 1. The van der Waals surface area contributed by atoms with Gasteiger partial charge in [-0.25, -0.2) is 0 Å². The van der Waals surface area contributed by atoms with Crippen LogP contribution in [0.2, 0.25) is 5.02 Å². The lowest BCUT2D eigenvalue weighted by atomic mass is 10.1. The van der Waals surface area contributed by atoms with Gasteiger partial charge < -0.3 is 15.3 Å². The Hall–Kier alpha value is -1.59. The van der Waals surface area contributed by atoms with Crippen LogP contribution in [0.5, 0.6) is 0 Å². The summed E-state index contributed by atoms with van der Waals surface area (Å²) >= 11 is 5.91. The fourth-order valence-corrected chi connectivity index (χ4v) is 2.39. The molecule has 0 aliphatic carbocycles. The van der Waals surface area contributed by atoms with E-state index in [1.807, 2.05) is 0 Å². The Bertz CT molecular complexity index is 531. The van der Waals surface area contributed by atoms with E-state index in [-0.39, 0.29) is 18.4 Å². The molecule has 0 spiro atoms.